The van der Waals surface area contributed by atoms with E-state index < -0.39 is 91.2 Å². The smallest absolute Gasteiger partial charge is 0.253 e. The number of benzene rings is 2. The third-order valence-electron chi connectivity index (χ3n) is 8.89. The Balaban J connectivity index is 2.18. The first-order valence-corrected chi connectivity index (χ1v) is 15.2. The minimum absolute atomic E-state index is 0.0358. The van der Waals surface area contributed by atoms with Gasteiger partial charge in [0.05, 0.1) is 14.2 Å². The van der Waals surface area contributed by atoms with Crippen molar-refractivity contribution >= 4 is 58.3 Å². The monoisotopic (exact) mass is 672 g/mol. The second-order valence-corrected chi connectivity index (χ2v) is 11.4. The quantitative estimate of drug-likeness (QED) is 0.197. The van der Waals surface area contributed by atoms with Gasteiger partial charge in [-0.25, -0.2) is 0 Å². The van der Waals surface area contributed by atoms with Gasteiger partial charge in [-0.15, -0.1) is 0 Å². The summed E-state index contributed by atoms with van der Waals surface area (Å²) < 4.78 is 11.1. The number of hydrogen-bond acceptors (Lipinski definition) is 12. The molecule has 2 aromatic rings. The van der Waals surface area contributed by atoms with E-state index in [1.807, 2.05) is 0 Å². The van der Waals surface area contributed by atoms with E-state index in [4.69, 9.17) is 33.9 Å². The minimum Gasteiger partial charge on any atom is -0.504 e. The Morgan fingerprint density at radius 1 is 0.587 bits per heavy atom. The zero-order chi connectivity index (χ0) is 34.2. The Morgan fingerprint density at radius 3 is 1.07 bits per heavy atom. The van der Waals surface area contributed by atoms with E-state index in [2.05, 4.69) is 0 Å². The lowest BCUT2D eigenvalue weighted by molar-refractivity contribution is -0.152. The molecule has 0 radical (unpaired) electrons. The van der Waals surface area contributed by atoms with Crippen molar-refractivity contribution in [3.05, 3.63) is 34.4 Å². The minimum atomic E-state index is -2.61. The molecule has 2 aromatic carbocycles. The first kappa shape index (κ1) is 32.7. The summed E-state index contributed by atoms with van der Waals surface area (Å²) in [4.78, 5) is 64.2. The standard InChI is InChI=1S/C30H32N4O10S2/c1-7-31-23(39)29(24(40)32(8-2)27(31)45)13-11-15(35)20(38)22(44-6)18(13)30(14-12-16(36)19(37)21(43-5)17(14)29)25(41)33(9-3)28(46)34(10-4)26(30)42/h11-12,35-38H,7-10H2,1-6H3. The summed E-state index contributed by atoms with van der Waals surface area (Å²) in [5.41, 5.74) is -6.92. The molecule has 0 unspecified atom stereocenters. The number of rotatable bonds is 6. The third-order valence-corrected chi connectivity index (χ3v) is 9.77. The van der Waals surface area contributed by atoms with Gasteiger partial charge in [0, 0.05) is 37.3 Å². The number of methoxy groups -OCH3 is 2. The lowest BCUT2D eigenvalue weighted by atomic mass is 9.54. The predicted molar refractivity (Wildman–Crippen MR) is 169 cm³/mol. The highest BCUT2D eigenvalue weighted by Crippen LogP contribution is 2.64. The van der Waals surface area contributed by atoms with Gasteiger partial charge in [-0.2, -0.15) is 0 Å². The topological polar surface area (TPSA) is 181 Å². The van der Waals surface area contributed by atoms with Gasteiger partial charge in [-0.05, 0) is 75.4 Å². The van der Waals surface area contributed by atoms with Crippen LogP contribution in [-0.2, 0) is 30.0 Å². The fraction of sp³-hybridized carbons (Fsp3) is 0.400. The van der Waals surface area contributed by atoms with Crippen molar-refractivity contribution in [1.29, 1.82) is 0 Å². The molecule has 4 N–H and O–H groups in total. The second-order valence-electron chi connectivity index (χ2n) is 10.7. The fourth-order valence-electron chi connectivity index (χ4n) is 6.91. The number of ether oxygens (including phenoxy) is 2. The molecule has 0 bridgehead atoms. The molecular weight excluding hydrogens is 640 g/mol. The highest BCUT2D eigenvalue weighted by molar-refractivity contribution is 7.80. The number of carbonyl (C=O) groups is 4. The molecule has 14 nitrogen and oxygen atoms in total. The van der Waals surface area contributed by atoms with Crippen LogP contribution in [0.5, 0.6) is 34.5 Å². The number of amides is 4. The number of likely N-dealkylation sites (N-methyl/N-ethyl adjacent to an activating group) is 4. The van der Waals surface area contributed by atoms with E-state index in [-0.39, 0.29) is 36.4 Å². The van der Waals surface area contributed by atoms with Crippen LogP contribution in [0, 0.1) is 0 Å². The molecule has 2 heterocycles. The van der Waals surface area contributed by atoms with E-state index in [9.17, 15) is 39.6 Å². The Kier molecular flexibility index (Phi) is 7.80. The van der Waals surface area contributed by atoms with Crippen molar-refractivity contribution in [3.63, 3.8) is 0 Å². The van der Waals surface area contributed by atoms with Gasteiger partial charge in [0.25, 0.3) is 23.6 Å². The SMILES string of the molecule is CCN1C(=O)C2(C(=O)N(CC)C1=S)c1cc(O)c(O)c(OC)c1C1(C(=O)N(CC)C(=S)N(CC)C1=O)c1cc(O)c(O)c(OC)c12. The number of phenolic OH excluding ortho intramolecular Hbond substituents is 4. The number of phenols is 4. The van der Waals surface area contributed by atoms with Gasteiger partial charge in [0.1, 0.15) is 0 Å². The van der Waals surface area contributed by atoms with Crippen LogP contribution in [0.15, 0.2) is 12.1 Å². The van der Waals surface area contributed by atoms with Gasteiger partial charge in [-0.3, -0.25) is 38.8 Å². The predicted octanol–water partition coefficient (Wildman–Crippen LogP) is 1.40. The number of hydrogen-bond donors (Lipinski definition) is 4. The van der Waals surface area contributed by atoms with Gasteiger partial charge < -0.3 is 29.9 Å². The van der Waals surface area contributed by atoms with E-state index in [0.717, 1.165) is 46.0 Å². The molecule has 0 aromatic heterocycles. The number of carbonyl (C=O) groups excluding carboxylic acids is 4. The lowest BCUT2D eigenvalue weighted by Gasteiger charge is -2.54. The molecule has 2 saturated heterocycles. The van der Waals surface area contributed by atoms with Crippen molar-refractivity contribution in [2.75, 3.05) is 40.4 Å². The maximum absolute atomic E-state index is 14.9. The molecule has 46 heavy (non-hydrogen) atoms. The maximum Gasteiger partial charge on any atom is 0.253 e. The zero-order valence-electron chi connectivity index (χ0n) is 25.8. The molecule has 1 aliphatic carbocycles. The third kappa shape index (κ3) is 3.56. The van der Waals surface area contributed by atoms with Crippen LogP contribution >= 0.6 is 24.4 Å². The van der Waals surface area contributed by atoms with Crippen LogP contribution < -0.4 is 9.47 Å². The highest BCUT2D eigenvalue weighted by atomic mass is 32.1. The normalized spacial score (nSPS) is 18.5. The van der Waals surface area contributed by atoms with Crippen LogP contribution in [0.25, 0.3) is 0 Å². The number of aromatic hydroxyl groups is 4. The molecule has 16 heteroatoms. The Labute approximate surface area is 274 Å². The van der Waals surface area contributed by atoms with Gasteiger partial charge in [0.2, 0.25) is 11.5 Å². The average Bonchev–Trinajstić information content (AvgIpc) is 3.02. The second kappa shape index (κ2) is 11.0. The fourth-order valence-corrected chi connectivity index (χ4v) is 7.76. The van der Waals surface area contributed by atoms with Crippen LogP contribution in [0.4, 0.5) is 0 Å². The van der Waals surface area contributed by atoms with E-state index in [0.29, 0.717) is 0 Å². The van der Waals surface area contributed by atoms with Crippen molar-refractivity contribution in [1.82, 2.24) is 19.6 Å². The van der Waals surface area contributed by atoms with Gasteiger partial charge in [-0.1, -0.05) is 0 Å². The lowest BCUT2D eigenvalue weighted by Crippen LogP contribution is -2.73. The molecule has 0 atom stereocenters. The largest absolute Gasteiger partial charge is 0.504 e. The van der Waals surface area contributed by atoms with Crippen molar-refractivity contribution in [2.24, 2.45) is 0 Å². The molecular formula is C30H32N4O10S2. The van der Waals surface area contributed by atoms with E-state index in [1.165, 1.54) is 0 Å². The summed E-state index contributed by atoms with van der Waals surface area (Å²) in [6.07, 6.45) is 0. The molecule has 2 spiro atoms. The first-order chi connectivity index (χ1) is 21.7. The average molecular weight is 673 g/mol. The molecule has 0 saturated carbocycles. The van der Waals surface area contributed by atoms with Gasteiger partial charge >= 0.3 is 0 Å². The summed E-state index contributed by atoms with van der Waals surface area (Å²) in [6.45, 7) is 6.31. The molecule has 5 rings (SSSR count). The maximum atomic E-state index is 14.9. The number of fused-ring (bicyclic) bond motifs is 6. The van der Waals surface area contributed by atoms with Crippen LogP contribution in [0.3, 0.4) is 0 Å². The molecule has 244 valence electrons. The Morgan fingerprint density at radius 2 is 0.848 bits per heavy atom. The summed E-state index contributed by atoms with van der Waals surface area (Å²) in [7, 11) is 2.21. The molecule has 2 aliphatic heterocycles. The van der Waals surface area contributed by atoms with Crippen molar-refractivity contribution < 1.29 is 49.1 Å². The van der Waals surface area contributed by atoms with Crippen LogP contribution in [0.1, 0.15) is 49.9 Å². The molecule has 3 aliphatic rings. The van der Waals surface area contributed by atoms with E-state index >= 15 is 0 Å². The summed E-state index contributed by atoms with van der Waals surface area (Å²) >= 11 is 11.0. The highest BCUT2D eigenvalue weighted by Gasteiger charge is 2.72. The van der Waals surface area contributed by atoms with Gasteiger partial charge in [0.15, 0.2) is 44.1 Å². The zero-order valence-corrected chi connectivity index (χ0v) is 27.5. The van der Waals surface area contributed by atoms with Crippen molar-refractivity contribution in [3.8, 4) is 34.5 Å². The van der Waals surface area contributed by atoms with Crippen LogP contribution in [0.2, 0.25) is 0 Å². The Bertz CT molecular complexity index is 1600. The molecule has 4 amide bonds. The van der Waals surface area contributed by atoms with E-state index in [1.54, 1.807) is 27.7 Å². The summed E-state index contributed by atoms with van der Waals surface area (Å²) in [5.74, 6) is -8.51. The van der Waals surface area contributed by atoms with Crippen molar-refractivity contribution in [2.45, 2.75) is 38.5 Å². The number of thiocarbonyl (C=S) groups is 2. The summed E-state index contributed by atoms with van der Waals surface area (Å²) in [6, 6.07) is 1.82. The Hall–Kier alpha value is -4.70. The molecule has 2 fully saturated rings. The summed E-state index contributed by atoms with van der Waals surface area (Å²) in [5, 5.41) is 44.2. The first-order valence-electron chi connectivity index (χ1n) is 14.4. The van der Waals surface area contributed by atoms with Crippen LogP contribution in [-0.4, -0.2) is 114 Å². The number of nitrogens with zero attached hydrogens (tertiary/aromatic N) is 4.